The van der Waals surface area contributed by atoms with E-state index in [-0.39, 0.29) is 11.6 Å². The second-order valence-electron chi connectivity index (χ2n) is 4.65. The van der Waals surface area contributed by atoms with E-state index >= 15 is 0 Å². The average molecular weight is 312 g/mol. The number of hydrogen-bond acceptors (Lipinski definition) is 3. The summed E-state index contributed by atoms with van der Waals surface area (Å²) in [4.78, 5) is 11.9. The minimum absolute atomic E-state index is 0.241. The van der Waals surface area contributed by atoms with Crippen LogP contribution in [0.4, 0.5) is 13.2 Å². The number of alkyl halides is 3. The predicted octanol–water partition coefficient (Wildman–Crippen LogP) is 1.89. The number of hydrogen-bond donors (Lipinski definition) is 2. The average Bonchev–Trinajstić information content (AvgIpc) is 2.86. The van der Waals surface area contributed by atoms with Crippen molar-refractivity contribution in [1.29, 1.82) is 0 Å². The molecule has 0 aliphatic rings. The molecule has 1 heterocycles. The van der Waals surface area contributed by atoms with E-state index in [1.165, 1.54) is 23.0 Å². The maximum absolute atomic E-state index is 12.8. The van der Waals surface area contributed by atoms with Crippen LogP contribution in [-0.4, -0.2) is 28.8 Å². The molecule has 0 atom stereocenters. The lowest BCUT2D eigenvalue weighted by atomic mass is 10.2. The summed E-state index contributed by atoms with van der Waals surface area (Å²) in [6, 6.07) is 4.77. The SMILES string of the molecule is Cc1c(C(=O)NCCN)cnn1-c1cccc(C(F)(F)F)c1. The van der Waals surface area contributed by atoms with Gasteiger partial charge in [0, 0.05) is 13.1 Å². The molecule has 1 aromatic heterocycles. The molecular formula is C14H15F3N4O. The van der Waals surface area contributed by atoms with Crippen molar-refractivity contribution in [3.63, 3.8) is 0 Å². The normalized spacial score (nSPS) is 11.5. The van der Waals surface area contributed by atoms with E-state index in [4.69, 9.17) is 5.73 Å². The second-order valence-corrected chi connectivity index (χ2v) is 4.65. The molecule has 8 heteroatoms. The fourth-order valence-corrected chi connectivity index (χ4v) is 1.99. The van der Waals surface area contributed by atoms with Crippen LogP contribution in [0, 0.1) is 6.92 Å². The molecule has 118 valence electrons. The molecule has 1 amide bonds. The van der Waals surface area contributed by atoms with Crippen molar-refractivity contribution < 1.29 is 18.0 Å². The van der Waals surface area contributed by atoms with Crippen molar-refractivity contribution in [2.24, 2.45) is 5.73 Å². The highest BCUT2D eigenvalue weighted by molar-refractivity contribution is 5.95. The molecule has 0 radical (unpaired) electrons. The van der Waals surface area contributed by atoms with Crippen LogP contribution in [0.25, 0.3) is 5.69 Å². The Kier molecular flexibility index (Phi) is 4.51. The van der Waals surface area contributed by atoms with Gasteiger partial charge in [-0.05, 0) is 25.1 Å². The van der Waals surface area contributed by atoms with E-state index < -0.39 is 11.7 Å². The smallest absolute Gasteiger partial charge is 0.351 e. The van der Waals surface area contributed by atoms with Gasteiger partial charge in [0.1, 0.15) is 0 Å². The molecule has 2 aromatic rings. The second kappa shape index (κ2) is 6.18. The highest BCUT2D eigenvalue weighted by Gasteiger charge is 2.30. The van der Waals surface area contributed by atoms with Crippen LogP contribution >= 0.6 is 0 Å². The molecular weight excluding hydrogens is 297 g/mol. The van der Waals surface area contributed by atoms with Crippen molar-refractivity contribution in [2.45, 2.75) is 13.1 Å². The van der Waals surface area contributed by atoms with Crippen LogP contribution in [0.2, 0.25) is 0 Å². The molecule has 1 aromatic carbocycles. The van der Waals surface area contributed by atoms with Gasteiger partial charge in [-0.3, -0.25) is 4.79 Å². The van der Waals surface area contributed by atoms with Crippen LogP contribution in [0.3, 0.4) is 0 Å². The Labute approximate surface area is 124 Å². The van der Waals surface area contributed by atoms with Gasteiger partial charge < -0.3 is 11.1 Å². The van der Waals surface area contributed by atoms with Gasteiger partial charge in [0.15, 0.2) is 0 Å². The fourth-order valence-electron chi connectivity index (χ4n) is 1.99. The summed E-state index contributed by atoms with van der Waals surface area (Å²) in [5.41, 5.74) is 5.53. The molecule has 0 saturated carbocycles. The Balaban J connectivity index is 2.35. The molecule has 0 saturated heterocycles. The lowest BCUT2D eigenvalue weighted by molar-refractivity contribution is -0.137. The van der Waals surface area contributed by atoms with Crippen LogP contribution in [0.15, 0.2) is 30.5 Å². The molecule has 0 spiro atoms. The third kappa shape index (κ3) is 3.28. The van der Waals surface area contributed by atoms with Crippen molar-refractivity contribution in [2.75, 3.05) is 13.1 Å². The lowest BCUT2D eigenvalue weighted by Gasteiger charge is -2.10. The number of nitrogens with one attached hydrogen (secondary N) is 1. The van der Waals surface area contributed by atoms with Crippen LogP contribution in [-0.2, 0) is 6.18 Å². The van der Waals surface area contributed by atoms with Crippen molar-refractivity contribution in [3.8, 4) is 5.69 Å². The zero-order valence-electron chi connectivity index (χ0n) is 11.8. The summed E-state index contributed by atoms with van der Waals surface area (Å²) in [6.07, 6.45) is -3.11. The van der Waals surface area contributed by atoms with E-state index in [1.54, 1.807) is 6.92 Å². The number of rotatable bonds is 4. The first-order chi connectivity index (χ1) is 10.3. The van der Waals surface area contributed by atoms with E-state index in [9.17, 15) is 18.0 Å². The van der Waals surface area contributed by atoms with Crippen molar-refractivity contribution >= 4 is 5.91 Å². The Bertz CT molecular complexity index is 679. The Morgan fingerprint density at radius 1 is 1.41 bits per heavy atom. The maximum atomic E-state index is 12.8. The molecule has 22 heavy (non-hydrogen) atoms. The van der Waals surface area contributed by atoms with Gasteiger partial charge in [-0.2, -0.15) is 18.3 Å². The summed E-state index contributed by atoms with van der Waals surface area (Å²) >= 11 is 0. The third-order valence-corrected chi connectivity index (χ3v) is 3.10. The third-order valence-electron chi connectivity index (χ3n) is 3.10. The van der Waals surface area contributed by atoms with E-state index in [2.05, 4.69) is 10.4 Å². The van der Waals surface area contributed by atoms with E-state index in [0.717, 1.165) is 12.1 Å². The predicted molar refractivity (Wildman–Crippen MR) is 74.7 cm³/mol. The van der Waals surface area contributed by atoms with Crippen molar-refractivity contribution in [1.82, 2.24) is 15.1 Å². The molecule has 0 aliphatic carbocycles. The van der Waals surface area contributed by atoms with Gasteiger partial charge in [-0.1, -0.05) is 6.07 Å². The number of carbonyl (C=O) groups is 1. The quantitative estimate of drug-likeness (QED) is 0.905. The van der Waals surface area contributed by atoms with Gasteiger partial charge in [0.05, 0.1) is 28.7 Å². The molecule has 0 unspecified atom stereocenters. The monoisotopic (exact) mass is 312 g/mol. The number of amides is 1. The van der Waals surface area contributed by atoms with Crippen molar-refractivity contribution in [3.05, 3.63) is 47.3 Å². The number of carbonyl (C=O) groups excluding carboxylic acids is 1. The van der Waals surface area contributed by atoms with Crippen LogP contribution in [0.1, 0.15) is 21.6 Å². The largest absolute Gasteiger partial charge is 0.416 e. The van der Waals surface area contributed by atoms with Gasteiger partial charge in [-0.25, -0.2) is 4.68 Å². The first-order valence-corrected chi connectivity index (χ1v) is 6.55. The minimum atomic E-state index is -4.43. The highest BCUT2D eigenvalue weighted by atomic mass is 19.4. The highest BCUT2D eigenvalue weighted by Crippen LogP contribution is 2.30. The standard InChI is InChI=1S/C14H15F3N4O/c1-9-12(13(22)19-6-5-18)8-20-21(9)11-4-2-3-10(7-11)14(15,16)17/h2-4,7-8H,5-6,18H2,1H3,(H,19,22). The molecule has 2 rings (SSSR count). The van der Waals surface area contributed by atoms with E-state index in [1.807, 2.05) is 0 Å². The molecule has 0 aliphatic heterocycles. The topological polar surface area (TPSA) is 72.9 Å². The molecule has 5 nitrogen and oxygen atoms in total. The van der Waals surface area contributed by atoms with Crippen LogP contribution in [0.5, 0.6) is 0 Å². The lowest BCUT2D eigenvalue weighted by Crippen LogP contribution is -2.29. The summed E-state index contributed by atoms with van der Waals surface area (Å²) in [5.74, 6) is -0.360. The van der Waals surface area contributed by atoms with Gasteiger partial charge in [-0.15, -0.1) is 0 Å². The Morgan fingerprint density at radius 2 is 2.14 bits per heavy atom. The van der Waals surface area contributed by atoms with Gasteiger partial charge >= 0.3 is 6.18 Å². The van der Waals surface area contributed by atoms with Gasteiger partial charge in [0.25, 0.3) is 5.91 Å². The summed E-state index contributed by atoms with van der Waals surface area (Å²) in [7, 11) is 0. The first-order valence-electron chi connectivity index (χ1n) is 6.55. The number of benzene rings is 1. The summed E-state index contributed by atoms with van der Waals surface area (Å²) < 4.78 is 39.6. The fraction of sp³-hybridized carbons (Fsp3) is 0.286. The van der Waals surface area contributed by atoms with E-state index in [0.29, 0.717) is 24.3 Å². The first kappa shape index (κ1) is 16.0. The zero-order valence-corrected chi connectivity index (χ0v) is 11.8. The zero-order chi connectivity index (χ0) is 16.3. The number of nitrogens with zero attached hydrogens (tertiary/aromatic N) is 2. The number of nitrogens with two attached hydrogens (primary N) is 1. The number of aromatic nitrogens is 2. The number of halogens is 3. The molecule has 0 fully saturated rings. The minimum Gasteiger partial charge on any atom is -0.351 e. The molecule has 3 N–H and O–H groups in total. The maximum Gasteiger partial charge on any atom is 0.416 e. The summed E-state index contributed by atoms with van der Waals surface area (Å²) in [5, 5.41) is 6.59. The molecule has 0 bridgehead atoms. The van der Waals surface area contributed by atoms with Crippen LogP contribution < -0.4 is 11.1 Å². The van der Waals surface area contributed by atoms with Gasteiger partial charge in [0.2, 0.25) is 0 Å². The Morgan fingerprint density at radius 3 is 2.77 bits per heavy atom. The Hall–Kier alpha value is -2.35. The summed E-state index contributed by atoms with van der Waals surface area (Å²) in [6.45, 7) is 2.23.